The molecule has 0 bridgehead atoms. The fraction of sp³-hybridized carbons (Fsp3) is 0. The zero-order valence-corrected chi connectivity index (χ0v) is 7.34. The van der Waals surface area contributed by atoms with Gasteiger partial charge < -0.3 is 10.1 Å². The molecule has 0 amide bonds. The number of aromatic carboxylic acids is 1. The third-order valence-electron chi connectivity index (χ3n) is 1.78. The maximum Gasteiger partial charge on any atom is 0.354 e. The van der Waals surface area contributed by atoms with Gasteiger partial charge in [0.25, 0.3) is 0 Å². The number of hydrogen-bond acceptors (Lipinski definition) is 2. The summed E-state index contributed by atoms with van der Waals surface area (Å²) in [6.07, 6.45) is 1.72. The molecule has 0 aliphatic heterocycles. The second-order valence-corrected chi connectivity index (χ2v) is 2.95. The molecule has 0 aliphatic rings. The summed E-state index contributed by atoms with van der Waals surface area (Å²) in [6, 6.07) is 5.27. The number of hydrogen-bond donors (Lipinski definition) is 2. The van der Waals surface area contributed by atoms with Crippen LogP contribution in [0, 0.1) is 4.77 Å². The Hall–Kier alpha value is -1.62. The molecule has 0 aromatic carbocycles. The number of fused-ring (bicyclic) bond motifs is 1. The van der Waals surface area contributed by atoms with Gasteiger partial charge in [0.2, 0.25) is 0 Å². The van der Waals surface area contributed by atoms with Crippen LogP contribution in [0.15, 0.2) is 24.4 Å². The van der Waals surface area contributed by atoms with Gasteiger partial charge >= 0.3 is 5.97 Å². The predicted molar refractivity (Wildman–Crippen MR) is 49.5 cm³/mol. The Morgan fingerprint density at radius 2 is 2.31 bits per heavy atom. The highest BCUT2D eigenvalue weighted by Crippen LogP contribution is 2.09. The first-order chi connectivity index (χ1) is 6.20. The number of pyridine rings is 1. The third kappa shape index (κ3) is 1.13. The van der Waals surface area contributed by atoms with E-state index in [-0.39, 0.29) is 5.69 Å². The van der Waals surface area contributed by atoms with Crippen molar-refractivity contribution in [2.24, 2.45) is 0 Å². The standard InChI is InChI=1S/C8H6N2O2S/c11-7(12)6-5-3-1-2-4-10(5)8(13)9-6/h1-4H,(H,9,13)(H,11,12). The summed E-state index contributed by atoms with van der Waals surface area (Å²) in [7, 11) is 0. The molecule has 2 aromatic heterocycles. The third-order valence-corrected chi connectivity index (χ3v) is 2.08. The van der Waals surface area contributed by atoms with Crippen molar-refractivity contribution < 1.29 is 9.90 Å². The zero-order valence-electron chi connectivity index (χ0n) is 6.52. The molecule has 0 saturated heterocycles. The van der Waals surface area contributed by atoms with E-state index in [0.717, 1.165) is 0 Å². The molecule has 0 fully saturated rings. The van der Waals surface area contributed by atoms with E-state index < -0.39 is 5.97 Å². The number of aromatic nitrogens is 2. The molecular formula is C8H6N2O2S. The SMILES string of the molecule is O=C(O)c1[nH]c(=S)n2ccccc12. The topological polar surface area (TPSA) is 57.5 Å². The molecule has 0 unspecified atom stereocenters. The molecule has 0 aliphatic carbocycles. The lowest BCUT2D eigenvalue weighted by Crippen LogP contribution is -1.96. The molecule has 5 heteroatoms. The summed E-state index contributed by atoms with van der Waals surface area (Å²) < 4.78 is 2.02. The average Bonchev–Trinajstić information content (AvgIpc) is 2.45. The number of imidazole rings is 1. The summed E-state index contributed by atoms with van der Waals surface area (Å²) in [4.78, 5) is 13.4. The van der Waals surface area contributed by atoms with Gasteiger partial charge in [0.1, 0.15) is 0 Å². The second-order valence-electron chi connectivity index (χ2n) is 2.57. The summed E-state index contributed by atoms with van der Waals surface area (Å²) in [5.74, 6) is -1.00. The van der Waals surface area contributed by atoms with Crippen LogP contribution in [-0.2, 0) is 0 Å². The highest BCUT2D eigenvalue weighted by atomic mass is 32.1. The van der Waals surface area contributed by atoms with Crippen molar-refractivity contribution in [3.05, 3.63) is 34.9 Å². The number of aromatic amines is 1. The number of carboxylic acid groups (broad SMARTS) is 1. The van der Waals surface area contributed by atoms with E-state index >= 15 is 0 Å². The number of nitrogens with one attached hydrogen (secondary N) is 1. The number of carboxylic acids is 1. The van der Waals surface area contributed by atoms with Crippen LogP contribution >= 0.6 is 12.2 Å². The van der Waals surface area contributed by atoms with Crippen LogP contribution in [0.25, 0.3) is 5.52 Å². The van der Waals surface area contributed by atoms with Crippen molar-refractivity contribution >= 4 is 23.7 Å². The predicted octanol–water partition coefficient (Wildman–Crippen LogP) is 1.70. The molecule has 0 spiro atoms. The van der Waals surface area contributed by atoms with Gasteiger partial charge in [-0.2, -0.15) is 0 Å². The summed E-state index contributed by atoms with van der Waals surface area (Å²) in [5, 5.41) is 8.81. The quantitative estimate of drug-likeness (QED) is 0.679. The number of H-pyrrole nitrogens is 1. The van der Waals surface area contributed by atoms with Crippen LogP contribution in [0.5, 0.6) is 0 Å². The molecule has 2 N–H and O–H groups in total. The normalized spacial score (nSPS) is 10.5. The molecule has 0 atom stereocenters. The molecule has 66 valence electrons. The Labute approximate surface area is 78.4 Å². The van der Waals surface area contributed by atoms with Crippen LogP contribution in [0.1, 0.15) is 10.5 Å². The first-order valence-electron chi connectivity index (χ1n) is 3.63. The van der Waals surface area contributed by atoms with Gasteiger partial charge in [-0.3, -0.25) is 4.40 Å². The van der Waals surface area contributed by atoms with Crippen molar-refractivity contribution in [1.29, 1.82) is 0 Å². The molecule has 2 heterocycles. The van der Waals surface area contributed by atoms with Gasteiger partial charge in [0, 0.05) is 6.20 Å². The van der Waals surface area contributed by atoms with E-state index in [1.165, 1.54) is 0 Å². The Balaban J connectivity index is 2.94. The number of rotatable bonds is 1. The summed E-state index contributed by atoms with van der Waals surface area (Å²) >= 11 is 4.94. The van der Waals surface area contributed by atoms with Crippen LogP contribution in [0.3, 0.4) is 0 Å². The van der Waals surface area contributed by atoms with E-state index in [0.29, 0.717) is 10.3 Å². The van der Waals surface area contributed by atoms with Gasteiger partial charge in [0.15, 0.2) is 10.5 Å². The molecule has 0 saturated carbocycles. The minimum absolute atomic E-state index is 0.130. The fourth-order valence-electron chi connectivity index (χ4n) is 1.22. The molecular weight excluding hydrogens is 188 g/mol. The lowest BCUT2D eigenvalue weighted by molar-refractivity contribution is 0.0693. The van der Waals surface area contributed by atoms with Crippen molar-refractivity contribution in [2.45, 2.75) is 0 Å². The van der Waals surface area contributed by atoms with Crippen LogP contribution in [0.2, 0.25) is 0 Å². The highest BCUT2D eigenvalue weighted by molar-refractivity contribution is 7.71. The largest absolute Gasteiger partial charge is 0.477 e. The minimum Gasteiger partial charge on any atom is -0.477 e. The monoisotopic (exact) mass is 194 g/mol. The lowest BCUT2D eigenvalue weighted by atomic mass is 10.3. The van der Waals surface area contributed by atoms with E-state index in [1.54, 1.807) is 28.8 Å². The van der Waals surface area contributed by atoms with Crippen molar-refractivity contribution in [3.63, 3.8) is 0 Å². The lowest BCUT2D eigenvalue weighted by Gasteiger charge is -1.91. The number of nitrogens with zero attached hydrogens (tertiary/aromatic N) is 1. The number of carbonyl (C=O) groups is 1. The first-order valence-corrected chi connectivity index (χ1v) is 4.03. The fourth-order valence-corrected chi connectivity index (χ4v) is 1.48. The summed E-state index contributed by atoms with van der Waals surface area (Å²) in [5.41, 5.74) is 0.714. The van der Waals surface area contributed by atoms with Crippen molar-refractivity contribution in [3.8, 4) is 0 Å². The molecule has 4 nitrogen and oxygen atoms in total. The van der Waals surface area contributed by atoms with Crippen LogP contribution < -0.4 is 0 Å². The van der Waals surface area contributed by atoms with Crippen LogP contribution in [-0.4, -0.2) is 20.5 Å². The maximum atomic E-state index is 10.7. The van der Waals surface area contributed by atoms with Crippen molar-refractivity contribution in [1.82, 2.24) is 9.38 Å². The average molecular weight is 194 g/mol. The van der Waals surface area contributed by atoms with Gasteiger partial charge in [-0.1, -0.05) is 6.07 Å². The highest BCUT2D eigenvalue weighted by Gasteiger charge is 2.10. The zero-order chi connectivity index (χ0) is 9.42. The van der Waals surface area contributed by atoms with E-state index in [2.05, 4.69) is 4.98 Å². The Morgan fingerprint density at radius 3 is 3.00 bits per heavy atom. The van der Waals surface area contributed by atoms with Crippen molar-refractivity contribution in [2.75, 3.05) is 0 Å². The van der Waals surface area contributed by atoms with E-state index in [1.807, 2.05) is 0 Å². The Morgan fingerprint density at radius 1 is 1.54 bits per heavy atom. The van der Waals surface area contributed by atoms with Gasteiger partial charge in [-0.15, -0.1) is 0 Å². The Kier molecular flexibility index (Phi) is 1.66. The van der Waals surface area contributed by atoms with Crippen LogP contribution in [0.4, 0.5) is 0 Å². The van der Waals surface area contributed by atoms with Gasteiger partial charge in [-0.05, 0) is 24.4 Å². The van der Waals surface area contributed by atoms with E-state index in [4.69, 9.17) is 17.3 Å². The van der Waals surface area contributed by atoms with E-state index in [9.17, 15) is 4.79 Å². The smallest absolute Gasteiger partial charge is 0.354 e. The van der Waals surface area contributed by atoms with Gasteiger partial charge in [0.05, 0.1) is 5.52 Å². The molecule has 0 radical (unpaired) electrons. The summed E-state index contributed by atoms with van der Waals surface area (Å²) in [6.45, 7) is 0. The minimum atomic E-state index is -1.00. The maximum absolute atomic E-state index is 10.7. The van der Waals surface area contributed by atoms with Gasteiger partial charge in [-0.25, -0.2) is 4.79 Å². The Bertz CT molecular complexity index is 526. The molecule has 2 rings (SSSR count). The first kappa shape index (κ1) is 8.00. The molecule has 2 aromatic rings. The second kappa shape index (κ2) is 2.70. The molecule has 13 heavy (non-hydrogen) atoms.